The largest absolute Gasteiger partial charge is 0.573 e. The van der Waals surface area contributed by atoms with Gasteiger partial charge in [0.25, 0.3) is 0 Å². The van der Waals surface area contributed by atoms with Crippen LogP contribution in [0, 0.1) is 5.92 Å². The molecule has 3 aliphatic heterocycles. The van der Waals surface area contributed by atoms with Gasteiger partial charge < -0.3 is 29.5 Å². The average molecular weight is 582 g/mol. The first-order valence-corrected chi connectivity index (χ1v) is 14.3. The summed E-state index contributed by atoms with van der Waals surface area (Å²) in [5.74, 6) is -0.0268. The number of nitrogens with one attached hydrogen (secondary N) is 1. The second-order valence-corrected chi connectivity index (χ2v) is 11.3. The van der Waals surface area contributed by atoms with E-state index in [1.54, 1.807) is 12.1 Å². The Morgan fingerprint density at radius 3 is 2.52 bits per heavy atom. The lowest BCUT2D eigenvalue weighted by Crippen LogP contribution is -2.54. The number of benzene rings is 2. The van der Waals surface area contributed by atoms with Crippen molar-refractivity contribution in [2.75, 3.05) is 39.4 Å². The molecule has 1 amide bonds. The van der Waals surface area contributed by atoms with Crippen LogP contribution >= 0.6 is 0 Å². The monoisotopic (exact) mass is 581 g/mol. The number of nitrogens with zero attached hydrogens (tertiary/aromatic N) is 4. The van der Waals surface area contributed by atoms with Gasteiger partial charge in [0.15, 0.2) is 0 Å². The second-order valence-electron chi connectivity index (χ2n) is 11.3. The van der Waals surface area contributed by atoms with Gasteiger partial charge in [-0.1, -0.05) is 30.3 Å². The standard InChI is InChI=1S/C31H34F3N5O3/c32-31(33,34)42-25-8-6-24(7-9-25)39-15-11-23-19-37(21-36-28(23)39)20-30(41)12-16-38(17-13-30)29(40)26-10-14-35-18-27(26)22-4-2-1-3-5-22/h1-9,11,15,19,26-27,35,41H,10,12-14,16-18,20-21H2/t26-,27+/m1/s1. The molecule has 2 N–H and O–H groups in total. The number of alkyl halides is 3. The van der Waals surface area contributed by atoms with E-state index in [1.165, 1.54) is 17.7 Å². The molecule has 2 saturated heterocycles. The molecule has 3 aliphatic rings. The number of β-amino-alcohol motifs (C(OH)–C–C–N with tert-alkyl or cyclic N) is 1. The van der Waals surface area contributed by atoms with Gasteiger partial charge in [-0.25, -0.2) is 4.99 Å². The molecule has 0 spiro atoms. The van der Waals surface area contributed by atoms with Crippen molar-refractivity contribution in [3.8, 4) is 11.4 Å². The lowest BCUT2D eigenvalue weighted by Gasteiger charge is -2.43. The van der Waals surface area contributed by atoms with E-state index in [0.717, 1.165) is 24.7 Å². The Morgan fingerprint density at radius 2 is 1.81 bits per heavy atom. The number of rotatable bonds is 6. The molecule has 1 aromatic heterocycles. The van der Waals surface area contributed by atoms with Crippen molar-refractivity contribution >= 4 is 12.1 Å². The van der Waals surface area contributed by atoms with Crippen LogP contribution in [0.25, 0.3) is 11.9 Å². The smallest absolute Gasteiger partial charge is 0.406 e. The maximum atomic E-state index is 13.6. The highest BCUT2D eigenvalue weighted by molar-refractivity contribution is 5.80. The van der Waals surface area contributed by atoms with Crippen molar-refractivity contribution in [1.29, 1.82) is 0 Å². The summed E-state index contributed by atoms with van der Waals surface area (Å²) in [5, 5.41) is 15.7. The summed E-state index contributed by atoms with van der Waals surface area (Å²) in [7, 11) is 0. The van der Waals surface area contributed by atoms with Crippen LogP contribution < -0.4 is 20.8 Å². The summed E-state index contributed by atoms with van der Waals surface area (Å²) in [6.07, 6.45) is 0.813. The molecule has 42 heavy (non-hydrogen) atoms. The van der Waals surface area contributed by atoms with Crippen LogP contribution in [-0.4, -0.2) is 76.7 Å². The van der Waals surface area contributed by atoms with Gasteiger partial charge in [0.2, 0.25) is 5.91 Å². The summed E-state index contributed by atoms with van der Waals surface area (Å²) in [6, 6.07) is 17.7. The van der Waals surface area contributed by atoms with Crippen molar-refractivity contribution in [3.05, 3.63) is 83.1 Å². The predicted octanol–water partition coefficient (Wildman–Crippen LogP) is 2.75. The molecule has 6 rings (SSSR count). The summed E-state index contributed by atoms with van der Waals surface area (Å²) in [4.78, 5) is 22.2. The van der Waals surface area contributed by atoms with Gasteiger partial charge in [0.1, 0.15) is 17.9 Å². The molecule has 2 aromatic carbocycles. The van der Waals surface area contributed by atoms with Gasteiger partial charge in [-0.15, -0.1) is 13.2 Å². The van der Waals surface area contributed by atoms with Crippen LogP contribution in [0.1, 0.15) is 30.7 Å². The van der Waals surface area contributed by atoms with Gasteiger partial charge in [0.05, 0.1) is 5.60 Å². The molecular weight excluding hydrogens is 547 g/mol. The highest BCUT2D eigenvalue weighted by Gasteiger charge is 2.40. The Kier molecular flexibility index (Phi) is 7.71. The minimum absolute atomic E-state index is 0.0649. The lowest BCUT2D eigenvalue weighted by molar-refractivity contribution is -0.274. The van der Waals surface area contributed by atoms with Gasteiger partial charge in [-0.05, 0) is 61.7 Å². The van der Waals surface area contributed by atoms with Gasteiger partial charge in [-0.2, -0.15) is 0 Å². The molecule has 0 aliphatic carbocycles. The predicted molar refractivity (Wildman–Crippen MR) is 150 cm³/mol. The third-order valence-electron chi connectivity index (χ3n) is 8.49. The quantitative estimate of drug-likeness (QED) is 0.468. The van der Waals surface area contributed by atoms with Crippen molar-refractivity contribution in [2.24, 2.45) is 10.9 Å². The van der Waals surface area contributed by atoms with Crippen LogP contribution in [0.3, 0.4) is 0 Å². The van der Waals surface area contributed by atoms with Crippen molar-refractivity contribution in [3.63, 3.8) is 0 Å². The first kappa shape index (κ1) is 28.3. The van der Waals surface area contributed by atoms with E-state index in [1.807, 2.05) is 51.0 Å². The molecule has 4 heterocycles. The Labute approximate surface area is 241 Å². The van der Waals surface area contributed by atoms with E-state index in [-0.39, 0.29) is 23.5 Å². The molecule has 11 heteroatoms. The Morgan fingerprint density at radius 1 is 1.07 bits per heavy atom. The van der Waals surface area contributed by atoms with Gasteiger partial charge in [0, 0.05) is 61.3 Å². The summed E-state index contributed by atoms with van der Waals surface area (Å²) < 4.78 is 43.2. The Bertz CT molecular complexity index is 1520. The number of halogens is 3. The number of hydrogen-bond acceptors (Lipinski definition) is 6. The highest BCUT2D eigenvalue weighted by atomic mass is 19.4. The number of piperidine rings is 2. The van der Waals surface area contributed by atoms with Crippen molar-refractivity contribution in [2.45, 2.75) is 37.1 Å². The number of carbonyl (C=O) groups excluding carboxylic acids is 1. The molecule has 2 fully saturated rings. The molecule has 0 unspecified atom stereocenters. The molecule has 0 saturated carbocycles. The van der Waals surface area contributed by atoms with Crippen LogP contribution in [0.4, 0.5) is 13.2 Å². The summed E-state index contributed by atoms with van der Waals surface area (Å²) >= 11 is 0. The van der Waals surface area contributed by atoms with Crippen LogP contribution in [-0.2, 0) is 4.79 Å². The second kappa shape index (κ2) is 11.4. The van der Waals surface area contributed by atoms with E-state index in [2.05, 4.69) is 22.2 Å². The normalized spacial score (nSPS) is 22.1. The SMILES string of the molecule is O=C([C@@H]1CCNC[C@H]1c1ccccc1)N1CCC(O)(CN2C=c3ccn(-c4ccc(OC(F)(F)F)cc4)c3=NC2)CC1. The molecule has 8 nitrogen and oxygen atoms in total. The molecule has 2 atom stereocenters. The number of carbonyl (C=O) groups is 1. The number of amides is 1. The van der Waals surface area contributed by atoms with Crippen LogP contribution in [0.15, 0.2) is 71.9 Å². The Balaban J connectivity index is 1.08. The number of likely N-dealkylation sites (tertiary alicyclic amines) is 1. The fourth-order valence-electron chi connectivity index (χ4n) is 6.33. The van der Waals surface area contributed by atoms with E-state index in [9.17, 15) is 23.1 Å². The number of fused-ring (bicyclic) bond motifs is 1. The zero-order valence-corrected chi connectivity index (χ0v) is 23.1. The van der Waals surface area contributed by atoms with Crippen LogP contribution in [0.5, 0.6) is 5.75 Å². The Hall–Kier alpha value is -3.83. The number of aliphatic hydroxyl groups is 1. The molecule has 0 radical (unpaired) electrons. The van der Waals surface area contributed by atoms with E-state index in [0.29, 0.717) is 50.3 Å². The molecule has 3 aromatic rings. The molecule has 222 valence electrons. The minimum Gasteiger partial charge on any atom is -0.406 e. The lowest BCUT2D eigenvalue weighted by atomic mass is 9.80. The zero-order valence-electron chi connectivity index (χ0n) is 23.1. The fourth-order valence-corrected chi connectivity index (χ4v) is 6.33. The average Bonchev–Trinajstić information content (AvgIpc) is 3.40. The third-order valence-corrected chi connectivity index (χ3v) is 8.49. The highest BCUT2D eigenvalue weighted by Crippen LogP contribution is 2.33. The first-order chi connectivity index (χ1) is 20.2. The fraction of sp³-hybridized carbons (Fsp3) is 0.419. The minimum atomic E-state index is -4.74. The maximum absolute atomic E-state index is 13.6. The first-order valence-electron chi connectivity index (χ1n) is 14.3. The van der Waals surface area contributed by atoms with Crippen molar-refractivity contribution in [1.82, 2.24) is 19.7 Å². The van der Waals surface area contributed by atoms with E-state index in [4.69, 9.17) is 4.99 Å². The topological polar surface area (TPSA) is 82.3 Å². The zero-order chi connectivity index (χ0) is 29.3. The van der Waals surface area contributed by atoms with E-state index >= 15 is 0 Å². The van der Waals surface area contributed by atoms with Gasteiger partial charge >= 0.3 is 6.36 Å². The van der Waals surface area contributed by atoms with Gasteiger partial charge in [-0.3, -0.25) is 4.79 Å². The van der Waals surface area contributed by atoms with E-state index < -0.39 is 12.0 Å². The number of aromatic nitrogens is 1. The van der Waals surface area contributed by atoms with Crippen molar-refractivity contribution < 1.29 is 27.8 Å². The molecular formula is C31H34F3N5O3. The molecule has 0 bridgehead atoms. The summed E-state index contributed by atoms with van der Waals surface area (Å²) in [5.41, 5.74) is 1.60. The number of hydrogen-bond donors (Lipinski definition) is 2. The summed E-state index contributed by atoms with van der Waals surface area (Å²) in [6.45, 7) is 3.38. The maximum Gasteiger partial charge on any atom is 0.573 e. The third kappa shape index (κ3) is 6.17. The number of ether oxygens (including phenoxy) is 1. The van der Waals surface area contributed by atoms with Crippen LogP contribution in [0.2, 0.25) is 0 Å².